The van der Waals surface area contributed by atoms with Crippen molar-refractivity contribution < 1.29 is 4.79 Å². The number of carbonyl (C=O) groups excluding carboxylic acids is 1. The fraction of sp³-hybridized carbons (Fsp3) is 0.200. The highest BCUT2D eigenvalue weighted by molar-refractivity contribution is 6.07. The third kappa shape index (κ3) is 2.40. The molecule has 0 saturated heterocycles. The van der Waals surface area contributed by atoms with Crippen LogP contribution in [0.15, 0.2) is 60.1 Å². The second-order valence-corrected chi connectivity index (χ2v) is 5.96. The molecule has 0 spiro atoms. The van der Waals surface area contributed by atoms with Gasteiger partial charge in [0.1, 0.15) is 0 Å². The monoisotopic (exact) mass is 319 g/mol. The van der Waals surface area contributed by atoms with E-state index in [1.807, 2.05) is 55.5 Å². The van der Waals surface area contributed by atoms with Crippen molar-refractivity contribution in [2.45, 2.75) is 18.9 Å². The van der Waals surface area contributed by atoms with Crippen LogP contribution in [0.25, 0.3) is 17.2 Å². The van der Waals surface area contributed by atoms with Gasteiger partial charge in [0.15, 0.2) is 11.5 Å². The van der Waals surface area contributed by atoms with Gasteiger partial charge in [-0.05, 0) is 40.8 Å². The lowest BCUT2D eigenvalue weighted by atomic mass is 9.85. The number of aliphatic imine (C=N–C) groups is 1. The molecule has 0 aliphatic carbocycles. The van der Waals surface area contributed by atoms with E-state index in [-0.39, 0.29) is 11.9 Å². The zero-order valence-corrected chi connectivity index (χ0v) is 14.0. The molecular weight excluding hydrogens is 298 g/mol. The minimum absolute atomic E-state index is 0.0838. The van der Waals surface area contributed by atoms with E-state index in [1.54, 1.807) is 7.05 Å². The summed E-state index contributed by atoms with van der Waals surface area (Å²) in [6, 6.07) is 16.1. The van der Waals surface area contributed by atoms with Crippen molar-refractivity contribution in [3.63, 3.8) is 0 Å². The molecule has 1 heterocycles. The van der Waals surface area contributed by atoms with Crippen LogP contribution in [0.2, 0.25) is 0 Å². The van der Waals surface area contributed by atoms with Gasteiger partial charge in [-0.15, -0.1) is 0 Å². The van der Waals surface area contributed by atoms with Crippen molar-refractivity contribution in [2.75, 3.05) is 7.05 Å². The van der Waals surface area contributed by atoms with Crippen LogP contribution in [0.4, 0.5) is 0 Å². The Bertz CT molecular complexity index is 840. The quantitative estimate of drug-likeness (QED) is 0.939. The number of rotatable bonds is 4. The molecule has 4 heteroatoms. The van der Waals surface area contributed by atoms with Crippen molar-refractivity contribution in [1.82, 2.24) is 4.90 Å². The molecular formula is C20H21N3O. The van der Waals surface area contributed by atoms with Gasteiger partial charge >= 0.3 is 0 Å². The predicted octanol–water partition coefficient (Wildman–Crippen LogP) is 3.39. The molecule has 1 atom stereocenters. The molecule has 2 aromatic carbocycles. The summed E-state index contributed by atoms with van der Waals surface area (Å²) in [6.45, 7) is 5.77. The molecule has 0 aromatic heterocycles. The first-order valence-corrected chi connectivity index (χ1v) is 7.98. The van der Waals surface area contributed by atoms with Gasteiger partial charge in [0.05, 0.1) is 0 Å². The first-order valence-electron chi connectivity index (χ1n) is 7.98. The van der Waals surface area contributed by atoms with Gasteiger partial charge in [0.2, 0.25) is 0 Å². The molecule has 1 aliphatic rings. The van der Waals surface area contributed by atoms with Gasteiger partial charge in [0.25, 0.3) is 5.91 Å². The standard InChI is InChI=1S/C20H21N3O/c1-4-14-8-6-9-15(12-14)16-10-7-11-17(13-16)20(5-2)18(24)23(3)19(21)22-20/h4,6-13H,1,5H2,2-3H3,(H2,21,22). The van der Waals surface area contributed by atoms with Crippen molar-refractivity contribution in [1.29, 1.82) is 0 Å². The maximum Gasteiger partial charge on any atom is 0.261 e. The second kappa shape index (κ2) is 5.96. The van der Waals surface area contributed by atoms with Gasteiger partial charge < -0.3 is 5.73 Å². The number of nitrogens with zero attached hydrogens (tertiary/aromatic N) is 2. The number of likely N-dealkylation sites (N-methyl/N-ethyl adjacent to an activating group) is 1. The minimum Gasteiger partial charge on any atom is -0.369 e. The average Bonchev–Trinajstić information content (AvgIpc) is 2.86. The molecule has 2 N–H and O–H groups in total. The molecule has 1 unspecified atom stereocenters. The third-order valence-corrected chi connectivity index (χ3v) is 4.61. The van der Waals surface area contributed by atoms with E-state index < -0.39 is 5.54 Å². The number of hydrogen-bond acceptors (Lipinski definition) is 3. The van der Waals surface area contributed by atoms with Crippen LogP contribution in [0.3, 0.4) is 0 Å². The van der Waals surface area contributed by atoms with E-state index in [1.165, 1.54) is 4.90 Å². The van der Waals surface area contributed by atoms with Crippen LogP contribution in [0, 0.1) is 0 Å². The Balaban J connectivity index is 2.10. The summed E-state index contributed by atoms with van der Waals surface area (Å²) in [7, 11) is 1.66. The Labute approximate surface area is 142 Å². The van der Waals surface area contributed by atoms with Gasteiger partial charge in [-0.25, -0.2) is 4.99 Å². The van der Waals surface area contributed by atoms with Gasteiger partial charge in [0, 0.05) is 7.05 Å². The molecule has 0 bridgehead atoms. The summed E-state index contributed by atoms with van der Waals surface area (Å²) in [6.07, 6.45) is 2.38. The van der Waals surface area contributed by atoms with Crippen LogP contribution in [-0.2, 0) is 10.3 Å². The number of nitrogens with two attached hydrogens (primary N) is 1. The topological polar surface area (TPSA) is 58.7 Å². The number of carbonyl (C=O) groups is 1. The number of guanidine groups is 1. The number of amides is 1. The number of hydrogen-bond donors (Lipinski definition) is 1. The molecule has 0 saturated carbocycles. The summed E-state index contributed by atoms with van der Waals surface area (Å²) in [5.74, 6) is 0.181. The molecule has 1 amide bonds. The van der Waals surface area contributed by atoms with Crippen molar-refractivity contribution >= 4 is 17.9 Å². The molecule has 24 heavy (non-hydrogen) atoms. The summed E-state index contributed by atoms with van der Waals surface area (Å²) in [5, 5.41) is 0. The molecule has 0 fully saturated rings. The fourth-order valence-corrected chi connectivity index (χ4v) is 3.12. The second-order valence-electron chi connectivity index (χ2n) is 5.96. The van der Waals surface area contributed by atoms with Crippen LogP contribution < -0.4 is 5.73 Å². The van der Waals surface area contributed by atoms with E-state index in [0.717, 1.165) is 22.3 Å². The lowest BCUT2D eigenvalue weighted by molar-refractivity contribution is -0.130. The van der Waals surface area contributed by atoms with Crippen LogP contribution in [0.1, 0.15) is 24.5 Å². The van der Waals surface area contributed by atoms with Crippen molar-refractivity contribution in [2.24, 2.45) is 10.7 Å². The zero-order valence-electron chi connectivity index (χ0n) is 14.0. The lowest BCUT2D eigenvalue weighted by Crippen LogP contribution is -2.40. The summed E-state index contributed by atoms with van der Waals surface area (Å²) >= 11 is 0. The van der Waals surface area contributed by atoms with E-state index in [9.17, 15) is 4.79 Å². The Kier molecular flexibility index (Phi) is 3.97. The highest BCUT2D eigenvalue weighted by atomic mass is 16.2. The van der Waals surface area contributed by atoms with Gasteiger partial charge in [-0.1, -0.05) is 56.0 Å². The van der Waals surface area contributed by atoms with Crippen LogP contribution in [-0.4, -0.2) is 23.8 Å². The maximum atomic E-state index is 12.7. The van der Waals surface area contributed by atoms with E-state index in [4.69, 9.17) is 5.73 Å². The largest absolute Gasteiger partial charge is 0.369 e. The Morgan fingerprint density at radius 3 is 2.46 bits per heavy atom. The highest BCUT2D eigenvalue weighted by Gasteiger charge is 2.46. The predicted molar refractivity (Wildman–Crippen MR) is 98.3 cm³/mol. The molecule has 0 radical (unpaired) electrons. The molecule has 1 aliphatic heterocycles. The fourth-order valence-electron chi connectivity index (χ4n) is 3.12. The summed E-state index contributed by atoms with van der Waals surface area (Å²) < 4.78 is 0. The maximum absolute atomic E-state index is 12.7. The van der Waals surface area contributed by atoms with E-state index >= 15 is 0 Å². The normalized spacial score (nSPS) is 20.2. The lowest BCUT2D eigenvalue weighted by Gasteiger charge is -2.24. The Hall–Kier alpha value is -2.88. The number of benzene rings is 2. The molecule has 2 aromatic rings. The zero-order chi connectivity index (χ0) is 17.3. The van der Waals surface area contributed by atoms with Crippen molar-refractivity contribution in [3.8, 4) is 11.1 Å². The minimum atomic E-state index is -0.926. The third-order valence-electron chi connectivity index (χ3n) is 4.61. The Morgan fingerprint density at radius 2 is 1.88 bits per heavy atom. The summed E-state index contributed by atoms with van der Waals surface area (Å²) in [4.78, 5) is 18.7. The van der Waals surface area contributed by atoms with Crippen molar-refractivity contribution in [3.05, 3.63) is 66.2 Å². The molecule has 122 valence electrons. The van der Waals surface area contributed by atoms with E-state index in [0.29, 0.717) is 6.42 Å². The Morgan fingerprint density at radius 1 is 1.21 bits per heavy atom. The smallest absolute Gasteiger partial charge is 0.261 e. The first kappa shape index (κ1) is 16.0. The van der Waals surface area contributed by atoms with Gasteiger partial charge in [-0.2, -0.15) is 0 Å². The highest BCUT2D eigenvalue weighted by Crippen LogP contribution is 2.37. The van der Waals surface area contributed by atoms with Crippen LogP contribution in [0.5, 0.6) is 0 Å². The van der Waals surface area contributed by atoms with E-state index in [2.05, 4.69) is 17.6 Å². The SMILES string of the molecule is C=Cc1cccc(-c2cccc(C3(CC)N=C(N)N(C)C3=O)c2)c1. The summed E-state index contributed by atoms with van der Waals surface area (Å²) in [5.41, 5.74) is 9.01. The molecule has 4 nitrogen and oxygen atoms in total. The van der Waals surface area contributed by atoms with Gasteiger partial charge in [-0.3, -0.25) is 9.69 Å². The first-order chi connectivity index (χ1) is 11.5. The average molecular weight is 319 g/mol. The van der Waals surface area contributed by atoms with Crippen LogP contribution >= 0.6 is 0 Å². The molecule has 3 rings (SSSR count).